The van der Waals surface area contributed by atoms with E-state index in [1.807, 2.05) is 0 Å². The van der Waals surface area contributed by atoms with Crippen molar-refractivity contribution >= 4 is 0 Å². The molecule has 1 aliphatic heterocycles. The van der Waals surface area contributed by atoms with Gasteiger partial charge in [-0.1, -0.05) is 12.8 Å². The van der Waals surface area contributed by atoms with E-state index in [0.29, 0.717) is 0 Å². The van der Waals surface area contributed by atoms with Gasteiger partial charge >= 0.3 is 0 Å². The quantitative estimate of drug-likeness (QED) is 0.445. The van der Waals surface area contributed by atoms with Crippen LogP contribution < -0.4 is 0 Å². The van der Waals surface area contributed by atoms with Gasteiger partial charge in [0.25, 0.3) is 0 Å². The fraction of sp³-hybridized carbons (Fsp3) is 0.750. The fourth-order valence-corrected chi connectivity index (χ4v) is 0.907. The van der Waals surface area contributed by atoms with Crippen LogP contribution in [0, 0.1) is 11.8 Å². The van der Waals surface area contributed by atoms with E-state index in [4.69, 9.17) is 4.74 Å². The standard InChI is InChI=1S/C8H12O/c1-2-3-5-8-6-4-7-9-8/h8H,2,4,6-7H2,1H3. The van der Waals surface area contributed by atoms with E-state index in [0.717, 1.165) is 19.4 Å². The van der Waals surface area contributed by atoms with E-state index in [1.54, 1.807) is 0 Å². The first kappa shape index (κ1) is 6.64. The SMILES string of the molecule is CCC#CC1CCCO1. The lowest BCUT2D eigenvalue weighted by atomic mass is 10.2. The molecule has 0 bridgehead atoms. The van der Waals surface area contributed by atoms with Crippen molar-refractivity contribution in [1.29, 1.82) is 0 Å². The van der Waals surface area contributed by atoms with Crippen LogP contribution in [0.3, 0.4) is 0 Å². The Labute approximate surface area is 56.4 Å². The van der Waals surface area contributed by atoms with Gasteiger partial charge < -0.3 is 4.74 Å². The Hall–Kier alpha value is -0.480. The fourth-order valence-electron chi connectivity index (χ4n) is 0.907. The van der Waals surface area contributed by atoms with E-state index in [1.165, 1.54) is 6.42 Å². The molecule has 1 aliphatic rings. The second-order valence-electron chi connectivity index (χ2n) is 2.18. The predicted molar refractivity (Wildman–Crippen MR) is 37.0 cm³/mol. The summed E-state index contributed by atoms with van der Waals surface area (Å²) < 4.78 is 5.28. The Bertz CT molecular complexity index is 123. The third-order valence-electron chi connectivity index (χ3n) is 1.37. The minimum absolute atomic E-state index is 0.255. The van der Waals surface area contributed by atoms with E-state index < -0.39 is 0 Å². The van der Waals surface area contributed by atoms with E-state index in [9.17, 15) is 0 Å². The second kappa shape index (κ2) is 3.53. The summed E-state index contributed by atoms with van der Waals surface area (Å²) in [6.07, 6.45) is 3.51. The molecule has 0 saturated carbocycles. The van der Waals surface area contributed by atoms with Crippen LogP contribution in [0.1, 0.15) is 26.2 Å². The molecule has 9 heavy (non-hydrogen) atoms. The van der Waals surface area contributed by atoms with Crippen molar-refractivity contribution < 1.29 is 4.74 Å². The first-order chi connectivity index (χ1) is 4.43. The molecule has 0 aromatic heterocycles. The van der Waals surface area contributed by atoms with Gasteiger partial charge in [-0.15, -0.1) is 5.92 Å². The molecule has 1 heteroatoms. The summed E-state index contributed by atoms with van der Waals surface area (Å²) in [6.45, 7) is 2.96. The Morgan fingerprint density at radius 3 is 3.11 bits per heavy atom. The maximum Gasteiger partial charge on any atom is 0.118 e. The van der Waals surface area contributed by atoms with Crippen molar-refractivity contribution in [2.75, 3.05) is 6.61 Å². The van der Waals surface area contributed by atoms with Crippen molar-refractivity contribution in [3.8, 4) is 11.8 Å². The molecule has 1 fully saturated rings. The zero-order valence-electron chi connectivity index (χ0n) is 5.81. The third kappa shape index (κ3) is 2.07. The maximum absolute atomic E-state index is 5.28. The van der Waals surface area contributed by atoms with Crippen LogP contribution >= 0.6 is 0 Å². The lowest BCUT2D eigenvalue weighted by molar-refractivity contribution is 0.152. The third-order valence-corrected chi connectivity index (χ3v) is 1.37. The number of rotatable bonds is 0. The first-order valence-corrected chi connectivity index (χ1v) is 3.53. The zero-order valence-corrected chi connectivity index (χ0v) is 5.81. The summed E-state index contributed by atoms with van der Waals surface area (Å²) in [5.74, 6) is 6.07. The molecular weight excluding hydrogens is 112 g/mol. The summed E-state index contributed by atoms with van der Waals surface area (Å²) in [6, 6.07) is 0. The van der Waals surface area contributed by atoms with Crippen molar-refractivity contribution in [1.82, 2.24) is 0 Å². The first-order valence-electron chi connectivity index (χ1n) is 3.53. The molecule has 1 unspecified atom stereocenters. The molecule has 0 spiro atoms. The summed E-state index contributed by atoms with van der Waals surface area (Å²) in [7, 11) is 0. The molecule has 0 N–H and O–H groups in total. The van der Waals surface area contributed by atoms with Crippen molar-refractivity contribution in [3.05, 3.63) is 0 Å². The largest absolute Gasteiger partial charge is 0.366 e. The number of hydrogen-bond acceptors (Lipinski definition) is 1. The highest BCUT2D eigenvalue weighted by molar-refractivity contribution is 5.05. The van der Waals surface area contributed by atoms with E-state index in [2.05, 4.69) is 18.8 Å². The number of ether oxygens (including phenoxy) is 1. The van der Waals surface area contributed by atoms with Gasteiger partial charge in [0.15, 0.2) is 0 Å². The highest BCUT2D eigenvalue weighted by Crippen LogP contribution is 2.09. The monoisotopic (exact) mass is 124 g/mol. The average Bonchev–Trinajstić information content (AvgIpc) is 2.34. The predicted octanol–water partition coefficient (Wildman–Crippen LogP) is 1.58. The van der Waals surface area contributed by atoms with Gasteiger partial charge in [0.2, 0.25) is 0 Å². The molecule has 0 aliphatic carbocycles. The molecule has 0 amide bonds. The summed E-state index contributed by atoms with van der Waals surface area (Å²) in [5, 5.41) is 0. The molecule has 0 aromatic rings. The molecule has 1 heterocycles. The molecule has 1 rings (SSSR count). The molecule has 1 atom stereocenters. The van der Waals surface area contributed by atoms with Gasteiger partial charge in [0, 0.05) is 13.0 Å². The Morgan fingerprint density at radius 1 is 1.67 bits per heavy atom. The van der Waals surface area contributed by atoms with Gasteiger partial charge in [-0.05, 0) is 12.8 Å². The van der Waals surface area contributed by atoms with Gasteiger partial charge in [-0.3, -0.25) is 0 Å². The van der Waals surface area contributed by atoms with Crippen molar-refractivity contribution in [2.45, 2.75) is 32.3 Å². The van der Waals surface area contributed by atoms with Crippen LogP contribution in [0.25, 0.3) is 0 Å². The lowest BCUT2D eigenvalue weighted by Crippen LogP contribution is -1.99. The van der Waals surface area contributed by atoms with Crippen LogP contribution in [0.4, 0.5) is 0 Å². The molecule has 1 saturated heterocycles. The molecule has 1 nitrogen and oxygen atoms in total. The zero-order chi connectivity index (χ0) is 6.53. The van der Waals surface area contributed by atoms with Gasteiger partial charge in [-0.2, -0.15) is 0 Å². The maximum atomic E-state index is 5.28. The van der Waals surface area contributed by atoms with Crippen LogP contribution in [0.2, 0.25) is 0 Å². The normalized spacial score (nSPS) is 25.2. The van der Waals surface area contributed by atoms with Crippen LogP contribution in [-0.2, 0) is 4.74 Å². The molecular formula is C8H12O. The summed E-state index contributed by atoms with van der Waals surface area (Å²) in [5.41, 5.74) is 0. The average molecular weight is 124 g/mol. The topological polar surface area (TPSA) is 9.23 Å². The van der Waals surface area contributed by atoms with E-state index in [-0.39, 0.29) is 6.10 Å². The Kier molecular flexibility index (Phi) is 2.60. The summed E-state index contributed by atoms with van der Waals surface area (Å²) in [4.78, 5) is 0. The molecule has 0 radical (unpaired) electrons. The molecule has 0 aromatic carbocycles. The highest BCUT2D eigenvalue weighted by Gasteiger charge is 2.10. The number of hydrogen-bond donors (Lipinski definition) is 0. The van der Waals surface area contributed by atoms with Crippen LogP contribution in [0.5, 0.6) is 0 Å². The second-order valence-corrected chi connectivity index (χ2v) is 2.18. The van der Waals surface area contributed by atoms with Gasteiger partial charge in [-0.25, -0.2) is 0 Å². The minimum atomic E-state index is 0.255. The van der Waals surface area contributed by atoms with Gasteiger partial charge in [0.1, 0.15) is 6.10 Å². The smallest absolute Gasteiger partial charge is 0.118 e. The summed E-state index contributed by atoms with van der Waals surface area (Å²) >= 11 is 0. The Balaban J connectivity index is 2.26. The van der Waals surface area contributed by atoms with E-state index >= 15 is 0 Å². The lowest BCUT2D eigenvalue weighted by Gasteiger charge is -1.95. The van der Waals surface area contributed by atoms with Gasteiger partial charge in [0.05, 0.1) is 0 Å². The van der Waals surface area contributed by atoms with Crippen LogP contribution in [0.15, 0.2) is 0 Å². The highest BCUT2D eigenvalue weighted by atomic mass is 16.5. The Morgan fingerprint density at radius 2 is 2.56 bits per heavy atom. The van der Waals surface area contributed by atoms with Crippen molar-refractivity contribution in [3.63, 3.8) is 0 Å². The van der Waals surface area contributed by atoms with Crippen LogP contribution in [-0.4, -0.2) is 12.7 Å². The van der Waals surface area contributed by atoms with Crippen molar-refractivity contribution in [2.24, 2.45) is 0 Å². The molecule has 50 valence electrons. The minimum Gasteiger partial charge on any atom is -0.366 e.